The fraction of sp³-hybridized carbons (Fsp3) is 0.348. The van der Waals surface area contributed by atoms with E-state index in [1.165, 1.54) is 30.3 Å². The average molecular weight is 496 g/mol. The van der Waals surface area contributed by atoms with Gasteiger partial charge < -0.3 is 15.4 Å². The minimum absolute atomic E-state index is 0.0174. The van der Waals surface area contributed by atoms with Gasteiger partial charge in [-0.3, -0.25) is 19.3 Å². The van der Waals surface area contributed by atoms with Gasteiger partial charge in [0.05, 0.1) is 6.61 Å². The Bertz CT molecular complexity index is 1110. The van der Waals surface area contributed by atoms with E-state index in [-0.39, 0.29) is 29.5 Å². The second-order valence-corrected chi connectivity index (χ2v) is 8.62. The van der Waals surface area contributed by atoms with Crippen LogP contribution in [0.5, 0.6) is 0 Å². The first-order valence-electron chi connectivity index (χ1n) is 10.5. The van der Waals surface area contributed by atoms with Gasteiger partial charge in [0.2, 0.25) is 11.8 Å². The number of nitrogens with zero attached hydrogens (tertiary/aromatic N) is 1. The number of carbonyl (C=O) groups excluding carboxylic acids is 3. The first-order valence-corrected chi connectivity index (χ1v) is 10.9. The van der Waals surface area contributed by atoms with Crippen LogP contribution in [0.3, 0.4) is 0 Å². The number of rotatable bonds is 6. The zero-order chi connectivity index (χ0) is 24.5. The topological polar surface area (TPSA) is 87.7 Å². The lowest BCUT2D eigenvalue weighted by molar-refractivity contribution is -0.138. The Hall–Kier alpha value is -3.11. The Balaban J connectivity index is 1.77. The Labute approximate surface area is 198 Å². The van der Waals surface area contributed by atoms with E-state index in [4.69, 9.17) is 16.3 Å². The highest BCUT2D eigenvalue weighted by molar-refractivity contribution is 6.31. The van der Waals surface area contributed by atoms with Gasteiger partial charge in [0.1, 0.15) is 24.5 Å². The smallest absolute Gasteiger partial charge is 0.252 e. The summed E-state index contributed by atoms with van der Waals surface area (Å²) in [7, 11) is 0. The summed E-state index contributed by atoms with van der Waals surface area (Å²) in [6, 6.07) is 7.84. The van der Waals surface area contributed by atoms with E-state index in [0.29, 0.717) is 0 Å². The van der Waals surface area contributed by atoms with E-state index in [1.54, 1.807) is 12.1 Å². The predicted molar refractivity (Wildman–Crippen MR) is 117 cm³/mol. The molecule has 2 aliphatic rings. The molecule has 3 amide bonds. The first kappa shape index (κ1) is 24.0. The highest BCUT2D eigenvalue weighted by Gasteiger charge is 2.47. The van der Waals surface area contributed by atoms with Crippen LogP contribution in [0.25, 0.3) is 0 Å². The molecule has 2 aromatic carbocycles. The van der Waals surface area contributed by atoms with E-state index >= 15 is 0 Å². The van der Waals surface area contributed by atoms with Crippen molar-refractivity contribution in [3.8, 4) is 0 Å². The molecule has 180 valence electrons. The zero-order valence-electron chi connectivity index (χ0n) is 17.8. The summed E-state index contributed by atoms with van der Waals surface area (Å²) in [5.74, 6) is -5.60. The van der Waals surface area contributed by atoms with Crippen LogP contribution in [0, 0.1) is 5.82 Å². The molecule has 0 bridgehead atoms. The molecule has 0 radical (unpaired) electrons. The summed E-state index contributed by atoms with van der Waals surface area (Å²) in [6.07, 6.45) is -1.07. The molecule has 34 heavy (non-hydrogen) atoms. The Morgan fingerprint density at radius 1 is 1.18 bits per heavy atom. The molecule has 11 heteroatoms. The number of hydrogen-bond donors (Lipinski definition) is 2. The second kappa shape index (κ2) is 9.63. The number of nitrogens with one attached hydrogen (secondary N) is 2. The molecule has 2 fully saturated rings. The number of alkyl halides is 2. The molecule has 1 saturated carbocycles. The molecule has 0 aromatic heterocycles. The third kappa shape index (κ3) is 5.18. The van der Waals surface area contributed by atoms with E-state index in [0.717, 1.165) is 11.0 Å². The zero-order valence-corrected chi connectivity index (χ0v) is 18.5. The SMILES string of the molecule is O=C1COC[C@@H](C(=O)N(c2cccc(F)c2)[C@H](C(=O)NC2CC(F)(F)C2)c2ccccc2Cl)N1. The summed E-state index contributed by atoms with van der Waals surface area (Å²) in [5, 5.41) is 5.19. The number of morpholine rings is 1. The molecule has 1 aliphatic heterocycles. The second-order valence-electron chi connectivity index (χ2n) is 8.22. The molecule has 0 unspecified atom stereocenters. The van der Waals surface area contributed by atoms with Crippen LogP contribution in [0.15, 0.2) is 48.5 Å². The maximum absolute atomic E-state index is 14.2. The lowest BCUT2D eigenvalue weighted by Crippen LogP contribution is -2.58. The molecule has 4 rings (SSSR count). The minimum Gasteiger partial charge on any atom is -0.369 e. The van der Waals surface area contributed by atoms with Gasteiger partial charge in [-0.1, -0.05) is 35.9 Å². The third-order valence-corrected chi connectivity index (χ3v) is 5.96. The van der Waals surface area contributed by atoms with Gasteiger partial charge in [0.25, 0.3) is 11.8 Å². The van der Waals surface area contributed by atoms with Crippen molar-refractivity contribution in [3.05, 3.63) is 64.9 Å². The number of carbonyl (C=O) groups is 3. The minimum atomic E-state index is -2.88. The number of amides is 3. The van der Waals surface area contributed by atoms with E-state index in [1.807, 2.05) is 0 Å². The number of anilines is 1. The summed E-state index contributed by atoms with van der Waals surface area (Å²) < 4.78 is 46.1. The molecule has 1 heterocycles. The summed E-state index contributed by atoms with van der Waals surface area (Å²) in [5.41, 5.74) is 0.220. The van der Waals surface area contributed by atoms with Gasteiger partial charge in [-0.15, -0.1) is 0 Å². The molecule has 1 saturated heterocycles. The summed E-state index contributed by atoms with van der Waals surface area (Å²) in [6.45, 7) is -0.393. The van der Waals surface area contributed by atoms with Crippen LogP contribution >= 0.6 is 11.6 Å². The Kier molecular flexibility index (Phi) is 6.81. The summed E-state index contributed by atoms with van der Waals surface area (Å²) >= 11 is 6.36. The third-order valence-electron chi connectivity index (χ3n) is 5.62. The fourth-order valence-corrected chi connectivity index (χ4v) is 4.25. The van der Waals surface area contributed by atoms with Crippen LogP contribution in [-0.4, -0.2) is 48.9 Å². The molecule has 2 N–H and O–H groups in total. The van der Waals surface area contributed by atoms with Crippen molar-refractivity contribution in [1.29, 1.82) is 0 Å². The van der Waals surface area contributed by atoms with Gasteiger partial charge in [0, 0.05) is 35.2 Å². The van der Waals surface area contributed by atoms with Gasteiger partial charge in [-0.2, -0.15) is 0 Å². The molecule has 0 spiro atoms. The van der Waals surface area contributed by atoms with E-state index in [2.05, 4.69) is 10.6 Å². The summed E-state index contributed by atoms with van der Waals surface area (Å²) in [4.78, 5) is 39.9. The number of hydrogen-bond acceptors (Lipinski definition) is 4. The molecular formula is C23H21ClF3N3O4. The van der Waals surface area contributed by atoms with Crippen molar-refractivity contribution < 1.29 is 32.3 Å². The highest BCUT2D eigenvalue weighted by Crippen LogP contribution is 2.39. The maximum Gasteiger partial charge on any atom is 0.252 e. The largest absolute Gasteiger partial charge is 0.369 e. The Morgan fingerprint density at radius 2 is 1.91 bits per heavy atom. The average Bonchev–Trinajstić information content (AvgIpc) is 2.76. The molecule has 1 aliphatic carbocycles. The number of halogens is 4. The Morgan fingerprint density at radius 3 is 2.56 bits per heavy atom. The molecule has 2 aromatic rings. The predicted octanol–water partition coefficient (Wildman–Crippen LogP) is 2.98. The standard InChI is InChI=1S/C23H21ClF3N3O4/c24-17-7-2-1-6-16(17)20(21(32)28-14-9-23(26,27)10-14)30(15-5-3-4-13(25)8-15)22(33)18-11-34-12-19(31)29-18/h1-8,14,18,20H,9-12H2,(H,28,32)(H,29,31)/t18-,20-/m0/s1. The van der Waals surface area contributed by atoms with E-state index < -0.39 is 60.4 Å². The lowest BCUT2D eigenvalue weighted by Gasteiger charge is -2.39. The van der Waals surface area contributed by atoms with Crippen LogP contribution in [-0.2, 0) is 19.1 Å². The van der Waals surface area contributed by atoms with Crippen LogP contribution in [0.4, 0.5) is 18.9 Å². The van der Waals surface area contributed by atoms with Gasteiger partial charge >= 0.3 is 0 Å². The van der Waals surface area contributed by atoms with Crippen molar-refractivity contribution >= 4 is 35.0 Å². The highest BCUT2D eigenvalue weighted by atomic mass is 35.5. The lowest BCUT2D eigenvalue weighted by atomic mass is 9.87. The van der Waals surface area contributed by atoms with Crippen molar-refractivity contribution in [2.24, 2.45) is 0 Å². The first-order chi connectivity index (χ1) is 16.1. The van der Waals surface area contributed by atoms with Crippen LogP contribution in [0.1, 0.15) is 24.4 Å². The van der Waals surface area contributed by atoms with Crippen molar-refractivity contribution in [1.82, 2.24) is 10.6 Å². The quantitative estimate of drug-likeness (QED) is 0.645. The van der Waals surface area contributed by atoms with Gasteiger partial charge in [-0.05, 0) is 24.3 Å². The number of benzene rings is 2. The van der Waals surface area contributed by atoms with Crippen molar-refractivity contribution in [2.45, 2.75) is 36.9 Å². The normalized spacial score (nSPS) is 20.6. The van der Waals surface area contributed by atoms with Crippen molar-refractivity contribution in [3.63, 3.8) is 0 Å². The van der Waals surface area contributed by atoms with Crippen LogP contribution < -0.4 is 15.5 Å². The van der Waals surface area contributed by atoms with Crippen molar-refractivity contribution in [2.75, 3.05) is 18.1 Å². The fourth-order valence-electron chi connectivity index (χ4n) is 4.02. The van der Waals surface area contributed by atoms with Gasteiger partial charge in [-0.25, -0.2) is 13.2 Å². The molecule has 2 atom stereocenters. The van der Waals surface area contributed by atoms with E-state index in [9.17, 15) is 27.6 Å². The monoisotopic (exact) mass is 495 g/mol. The number of ether oxygens (including phenoxy) is 1. The molecular weight excluding hydrogens is 475 g/mol. The van der Waals surface area contributed by atoms with Crippen LogP contribution in [0.2, 0.25) is 5.02 Å². The maximum atomic E-state index is 14.2. The van der Waals surface area contributed by atoms with Gasteiger partial charge in [0.15, 0.2) is 0 Å². The molecule has 7 nitrogen and oxygen atoms in total.